The lowest BCUT2D eigenvalue weighted by molar-refractivity contribution is -0.140. The standard InChI is InChI=1S/C15H18N2O5S/c1-9(18)16-15-17(6-5-14(19)22-4)10-7-11(20-2)12(21-3)8-13(10)23-15/h7-8H,5-6H2,1-4H3. The Balaban J connectivity index is 2.63. The maximum absolute atomic E-state index is 11.4. The molecule has 2 rings (SSSR count). The van der Waals surface area contributed by atoms with E-state index in [-0.39, 0.29) is 18.3 Å². The first-order valence-electron chi connectivity index (χ1n) is 6.87. The van der Waals surface area contributed by atoms with Crippen molar-refractivity contribution in [2.24, 2.45) is 4.99 Å². The number of aryl methyl sites for hydroxylation is 1. The number of carbonyl (C=O) groups is 2. The Kier molecular flexibility index (Phi) is 5.38. The lowest BCUT2D eigenvalue weighted by atomic mass is 10.3. The van der Waals surface area contributed by atoms with E-state index in [0.717, 1.165) is 10.2 Å². The van der Waals surface area contributed by atoms with E-state index < -0.39 is 0 Å². The molecule has 124 valence electrons. The second kappa shape index (κ2) is 7.28. The van der Waals surface area contributed by atoms with Crippen LogP contribution in [0.2, 0.25) is 0 Å². The van der Waals surface area contributed by atoms with Crippen molar-refractivity contribution in [1.29, 1.82) is 0 Å². The Hall–Kier alpha value is -2.35. The van der Waals surface area contributed by atoms with E-state index in [1.165, 1.54) is 25.4 Å². The monoisotopic (exact) mass is 338 g/mol. The van der Waals surface area contributed by atoms with Gasteiger partial charge in [0.2, 0.25) is 5.91 Å². The summed E-state index contributed by atoms with van der Waals surface area (Å²) in [4.78, 5) is 27.3. The average molecular weight is 338 g/mol. The van der Waals surface area contributed by atoms with E-state index in [9.17, 15) is 9.59 Å². The number of nitrogens with zero attached hydrogens (tertiary/aromatic N) is 2. The molecular formula is C15H18N2O5S. The van der Waals surface area contributed by atoms with Gasteiger partial charge in [0.25, 0.3) is 0 Å². The van der Waals surface area contributed by atoms with Gasteiger partial charge in [-0.3, -0.25) is 9.59 Å². The summed E-state index contributed by atoms with van der Waals surface area (Å²) >= 11 is 1.35. The highest BCUT2D eigenvalue weighted by atomic mass is 32.1. The molecule has 0 atom stereocenters. The number of aromatic nitrogens is 1. The minimum absolute atomic E-state index is 0.182. The molecule has 0 N–H and O–H groups in total. The summed E-state index contributed by atoms with van der Waals surface area (Å²) in [5.74, 6) is 0.531. The lowest BCUT2D eigenvalue weighted by Gasteiger charge is -2.09. The van der Waals surface area contributed by atoms with Crippen LogP contribution in [0.25, 0.3) is 10.2 Å². The molecule has 1 amide bonds. The van der Waals surface area contributed by atoms with Crippen LogP contribution >= 0.6 is 11.3 Å². The van der Waals surface area contributed by atoms with Gasteiger partial charge in [0.05, 0.1) is 38.0 Å². The van der Waals surface area contributed by atoms with Gasteiger partial charge in [0.15, 0.2) is 16.3 Å². The molecule has 0 bridgehead atoms. The number of esters is 1. The number of hydrogen-bond donors (Lipinski definition) is 0. The Bertz CT molecular complexity index is 806. The van der Waals surface area contributed by atoms with Gasteiger partial charge in [0, 0.05) is 25.6 Å². The van der Waals surface area contributed by atoms with E-state index in [4.69, 9.17) is 9.47 Å². The van der Waals surface area contributed by atoms with Crippen LogP contribution in [-0.4, -0.2) is 37.8 Å². The van der Waals surface area contributed by atoms with Crippen molar-refractivity contribution in [3.8, 4) is 11.5 Å². The molecule has 23 heavy (non-hydrogen) atoms. The minimum atomic E-state index is -0.328. The van der Waals surface area contributed by atoms with Crippen molar-refractivity contribution >= 4 is 33.4 Å². The molecule has 0 saturated carbocycles. The number of benzene rings is 1. The Morgan fingerprint density at radius 2 is 1.83 bits per heavy atom. The molecule has 2 aromatic rings. The van der Waals surface area contributed by atoms with Crippen LogP contribution in [0.4, 0.5) is 0 Å². The largest absolute Gasteiger partial charge is 0.493 e. The van der Waals surface area contributed by atoms with E-state index >= 15 is 0 Å². The second-order valence-corrected chi connectivity index (χ2v) is 5.68. The second-order valence-electron chi connectivity index (χ2n) is 4.67. The van der Waals surface area contributed by atoms with Crippen molar-refractivity contribution in [3.63, 3.8) is 0 Å². The van der Waals surface area contributed by atoms with Gasteiger partial charge < -0.3 is 18.8 Å². The molecule has 7 nitrogen and oxygen atoms in total. The maximum atomic E-state index is 11.4. The average Bonchev–Trinajstić information content (AvgIpc) is 2.86. The minimum Gasteiger partial charge on any atom is -0.493 e. The smallest absolute Gasteiger partial charge is 0.307 e. The third kappa shape index (κ3) is 3.70. The third-order valence-electron chi connectivity index (χ3n) is 3.21. The first kappa shape index (κ1) is 17.0. The predicted molar refractivity (Wildman–Crippen MR) is 85.8 cm³/mol. The molecule has 0 unspecified atom stereocenters. The number of methoxy groups -OCH3 is 3. The maximum Gasteiger partial charge on any atom is 0.307 e. The van der Waals surface area contributed by atoms with Gasteiger partial charge in [-0.25, -0.2) is 0 Å². The highest BCUT2D eigenvalue weighted by Gasteiger charge is 2.14. The summed E-state index contributed by atoms with van der Waals surface area (Å²) < 4.78 is 18.0. The van der Waals surface area contributed by atoms with Crippen LogP contribution < -0.4 is 14.3 Å². The van der Waals surface area contributed by atoms with Gasteiger partial charge >= 0.3 is 5.97 Å². The zero-order valence-corrected chi connectivity index (χ0v) is 14.2. The topological polar surface area (TPSA) is 79.1 Å². The number of carbonyl (C=O) groups excluding carboxylic acids is 2. The van der Waals surface area contributed by atoms with Gasteiger partial charge in [-0.2, -0.15) is 4.99 Å². The molecule has 1 aromatic carbocycles. The summed E-state index contributed by atoms with van der Waals surface area (Å²) in [6.07, 6.45) is 0.182. The SMILES string of the molecule is COC(=O)CCn1c(=NC(C)=O)sc2cc(OC)c(OC)cc21. The molecule has 0 radical (unpaired) electrons. The molecule has 0 aliphatic rings. The first-order valence-corrected chi connectivity index (χ1v) is 7.69. The number of thiazole rings is 1. The fourth-order valence-electron chi connectivity index (χ4n) is 2.14. The van der Waals surface area contributed by atoms with Crippen molar-refractivity contribution in [2.75, 3.05) is 21.3 Å². The first-order chi connectivity index (χ1) is 11.0. The van der Waals surface area contributed by atoms with Crippen molar-refractivity contribution in [1.82, 2.24) is 4.57 Å². The highest BCUT2D eigenvalue weighted by Crippen LogP contribution is 2.33. The number of ether oxygens (including phenoxy) is 3. The predicted octanol–water partition coefficient (Wildman–Crippen LogP) is 1.73. The molecule has 0 aliphatic carbocycles. The van der Waals surface area contributed by atoms with Gasteiger partial charge in [-0.1, -0.05) is 11.3 Å². The normalized spacial score (nSPS) is 11.6. The zero-order valence-electron chi connectivity index (χ0n) is 13.4. The molecule has 1 heterocycles. The van der Waals surface area contributed by atoms with E-state index in [1.54, 1.807) is 24.9 Å². The highest BCUT2D eigenvalue weighted by molar-refractivity contribution is 7.16. The van der Waals surface area contributed by atoms with Crippen LogP contribution in [0.15, 0.2) is 17.1 Å². The zero-order chi connectivity index (χ0) is 17.0. The Morgan fingerprint density at radius 1 is 1.17 bits per heavy atom. The van der Waals surface area contributed by atoms with E-state index in [1.807, 2.05) is 6.07 Å². The quantitative estimate of drug-likeness (QED) is 0.776. The van der Waals surface area contributed by atoms with E-state index in [2.05, 4.69) is 9.73 Å². The van der Waals surface area contributed by atoms with Gasteiger partial charge in [-0.05, 0) is 0 Å². The summed E-state index contributed by atoms with van der Waals surface area (Å²) in [5, 5.41) is 0. The van der Waals surface area contributed by atoms with Crippen LogP contribution in [0.1, 0.15) is 13.3 Å². The third-order valence-corrected chi connectivity index (χ3v) is 4.25. The molecule has 0 fully saturated rings. The number of rotatable bonds is 5. The number of amides is 1. The number of fused-ring (bicyclic) bond motifs is 1. The van der Waals surface area contributed by atoms with Crippen LogP contribution in [0.5, 0.6) is 11.5 Å². The summed E-state index contributed by atoms with van der Waals surface area (Å²) in [7, 11) is 4.45. The van der Waals surface area contributed by atoms with Crippen LogP contribution in [-0.2, 0) is 20.9 Å². The molecule has 0 saturated heterocycles. The van der Waals surface area contributed by atoms with Gasteiger partial charge in [-0.15, -0.1) is 0 Å². The fourth-order valence-corrected chi connectivity index (χ4v) is 3.25. The van der Waals surface area contributed by atoms with Crippen molar-refractivity contribution in [3.05, 3.63) is 16.9 Å². The van der Waals surface area contributed by atoms with Gasteiger partial charge in [0.1, 0.15) is 0 Å². The molecular weight excluding hydrogens is 320 g/mol. The molecule has 0 aliphatic heterocycles. The Labute approximate surface area is 137 Å². The fraction of sp³-hybridized carbons (Fsp3) is 0.400. The summed E-state index contributed by atoms with van der Waals surface area (Å²) in [5.41, 5.74) is 0.816. The lowest BCUT2D eigenvalue weighted by Crippen LogP contribution is -2.18. The van der Waals surface area contributed by atoms with Crippen LogP contribution in [0, 0.1) is 0 Å². The van der Waals surface area contributed by atoms with E-state index in [0.29, 0.717) is 22.8 Å². The van der Waals surface area contributed by atoms with Crippen molar-refractivity contribution < 1.29 is 23.8 Å². The molecule has 0 spiro atoms. The molecule has 1 aromatic heterocycles. The van der Waals surface area contributed by atoms with Crippen LogP contribution in [0.3, 0.4) is 0 Å². The summed E-state index contributed by atoms with van der Waals surface area (Å²) in [6, 6.07) is 3.63. The Morgan fingerprint density at radius 3 is 2.39 bits per heavy atom. The van der Waals surface area contributed by atoms with Crippen molar-refractivity contribution in [2.45, 2.75) is 19.9 Å². The molecule has 8 heteroatoms. The number of hydrogen-bond acceptors (Lipinski definition) is 6. The summed E-state index contributed by atoms with van der Waals surface area (Å²) in [6.45, 7) is 1.74.